The maximum atomic E-state index is 6.35. The third-order valence-electron chi connectivity index (χ3n) is 3.07. The Balaban J connectivity index is 1.86. The van der Waals surface area contributed by atoms with Crippen LogP contribution in [0.5, 0.6) is 11.5 Å². The van der Waals surface area contributed by atoms with Crippen molar-refractivity contribution < 1.29 is 4.74 Å². The minimum Gasteiger partial charge on any atom is -0.457 e. The minimum absolute atomic E-state index is 0.660. The van der Waals surface area contributed by atoms with E-state index in [1.54, 1.807) is 12.1 Å². The van der Waals surface area contributed by atoms with Crippen LogP contribution < -0.4 is 4.74 Å². The van der Waals surface area contributed by atoms with Crippen LogP contribution in [0.2, 0.25) is 10.0 Å². The Bertz CT molecular complexity index is 737. The molecule has 0 radical (unpaired) electrons. The first-order valence-corrected chi connectivity index (χ1v) is 7.26. The molecule has 0 aromatic heterocycles. The minimum atomic E-state index is 0.660. The van der Waals surface area contributed by atoms with Gasteiger partial charge >= 0.3 is 0 Å². The van der Waals surface area contributed by atoms with E-state index in [-0.39, 0.29) is 0 Å². The van der Waals surface area contributed by atoms with Crippen LogP contribution in [0.15, 0.2) is 72.8 Å². The van der Waals surface area contributed by atoms with Crippen LogP contribution in [0.25, 0.3) is 11.1 Å². The monoisotopic (exact) mass is 314 g/mol. The zero-order chi connectivity index (χ0) is 14.7. The van der Waals surface area contributed by atoms with Gasteiger partial charge < -0.3 is 4.74 Å². The van der Waals surface area contributed by atoms with E-state index >= 15 is 0 Å². The van der Waals surface area contributed by atoms with Crippen LogP contribution >= 0.6 is 23.2 Å². The zero-order valence-electron chi connectivity index (χ0n) is 11.1. The molecule has 0 fully saturated rings. The average molecular weight is 315 g/mol. The van der Waals surface area contributed by atoms with Gasteiger partial charge in [-0.3, -0.25) is 0 Å². The highest BCUT2D eigenvalue weighted by atomic mass is 35.5. The Labute approximate surface area is 133 Å². The lowest BCUT2D eigenvalue weighted by atomic mass is 10.1. The van der Waals surface area contributed by atoms with Gasteiger partial charge in [-0.2, -0.15) is 0 Å². The predicted octanol–water partition coefficient (Wildman–Crippen LogP) is 6.45. The Morgan fingerprint density at radius 3 is 2.00 bits per heavy atom. The van der Waals surface area contributed by atoms with Crippen LogP contribution in [0.3, 0.4) is 0 Å². The van der Waals surface area contributed by atoms with Gasteiger partial charge in [0.25, 0.3) is 0 Å². The molecule has 0 aliphatic carbocycles. The second-order valence-corrected chi connectivity index (χ2v) is 5.41. The number of benzene rings is 3. The second-order valence-electron chi connectivity index (χ2n) is 4.56. The molecule has 104 valence electrons. The second kappa shape index (κ2) is 6.21. The molecule has 3 aromatic rings. The number of hydrogen-bond acceptors (Lipinski definition) is 1. The molecule has 0 atom stereocenters. The van der Waals surface area contributed by atoms with Crippen LogP contribution in [-0.4, -0.2) is 0 Å². The van der Waals surface area contributed by atoms with Gasteiger partial charge in [-0.25, -0.2) is 0 Å². The fourth-order valence-corrected chi connectivity index (χ4v) is 2.46. The number of rotatable bonds is 3. The Hall–Kier alpha value is -1.96. The van der Waals surface area contributed by atoms with Gasteiger partial charge in [-0.05, 0) is 42.0 Å². The SMILES string of the molecule is Clc1ccc(Oc2ccc(-c3ccccc3)c(Cl)c2)cc1. The first kappa shape index (κ1) is 14.0. The Kier molecular flexibility index (Phi) is 4.14. The van der Waals surface area contributed by atoms with Gasteiger partial charge in [-0.15, -0.1) is 0 Å². The number of halogens is 2. The summed E-state index contributed by atoms with van der Waals surface area (Å²) in [5.74, 6) is 1.42. The average Bonchev–Trinajstić information content (AvgIpc) is 2.51. The fraction of sp³-hybridized carbons (Fsp3) is 0. The highest BCUT2D eigenvalue weighted by Crippen LogP contribution is 2.33. The summed E-state index contributed by atoms with van der Waals surface area (Å²) in [7, 11) is 0. The van der Waals surface area contributed by atoms with Gasteiger partial charge in [0.2, 0.25) is 0 Å². The molecule has 3 rings (SSSR count). The third kappa shape index (κ3) is 3.38. The summed E-state index contributed by atoms with van der Waals surface area (Å²) in [6.07, 6.45) is 0. The summed E-state index contributed by atoms with van der Waals surface area (Å²) in [6, 6.07) is 22.9. The van der Waals surface area contributed by atoms with Crippen molar-refractivity contribution in [1.29, 1.82) is 0 Å². The van der Waals surface area contributed by atoms with Crippen molar-refractivity contribution in [1.82, 2.24) is 0 Å². The summed E-state index contributed by atoms with van der Waals surface area (Å²) in [4.78, 5) is 0. The topological polar surface area (TPSA) is 9.23 Å². The molecule has 0 aliphatic heterocycles. The maximum absolute atomic E-state index is 6.35. The van der Waals surface area contributed by atoms with E-state index in [2.05, 4.69) is 0 Å². The van der Waals surface area contributed by atoms with E-state index in [4.69, 9.17) is 27.9 Å². The largest absolute Gasteiger partial charge is 0.457 e. The number of ether oxygens (including phenoxy) is 1. The van der Waals surface area contributed by atoms with Crippen molar-refractivity contribution in [3.63, 3.8) is 0 Å². The summed E-state index contributed by atoms with van der Waals surface area (Å²) < 4.78 is 5.76. The third-order valence-corrected chi connectivity index (χ3v) is 3.64. The van der Waals surface area contributed by atoms with Crippen LogP contribution in [0.1, 0.15) is 0 Å². The fourth-order valence-electron chi connectivity index (χ4n) is 2.05. The van der Waals surface area contributed by atoms with E-state index in [0.717, 1.165) is 16.9 Å². The molecule has 0 aliphatic rings. The van der Waals surface area contributed by atoms with Crippen molar-refractivity contribution in [2.45, 2.75) is 0 Å². The molecule has 0 amide bonds. The van der Waals surface area contributed by atoms with Crippen molar-refractivity contribution in [2.75, 3.05) is 0 Å². The van der Waals surface area contributed by atoms with Crippen molar-refractivity contribution >= 4 is 23.2 Å². The van der Waals surface area contributed by atoms with Crippen LogP contribution in [0, 0.1) is 0 Å². The molecule has 0 saturated heterocycles. The lowest BCUT2D eigenvalue weighted by Crippen LogP contribution is -1.85. The molecule has 0 heterocycles. The lowest BCUT2D eigenvalue weighted by molar-refractivity contribution is 0.483. The Morgan fingerprint density at radius 1 is 0.667 bits per heavy atom. The summed E-state index contributed by atoms with van der Waals surface area (Å²) in [5.41, 5.74) is 2.07. The molecule has 0 unspecified atom stereocenters. The summed E-state index contributed by atoms with van der Waals surface area (Å²) in [6.45, 7) is 0. The van der Waals surface area contributed by atoms with E-state index in [1.165, 1.54) is 0 Å². The van der Waals surface area contributed by atoms with Crippen LogP contribution in [0.4, 0.5) is 0 Å². The molecule has 3 heteroatoms. The normalized spacial score (nSPS) is 10.4. The van der Waals surface area contributed by atoms with Crippen LogP contribution in [-0.2, 0) is 0 Å². The number of hydrogen-bond donors (Lipinski definition) is 0. The predicted molar refractivity (Wildman–Crippen MR) is 88.4 cm³/mol. The van der Waals surface area contributed by atoms with Gasteiger partial charge in [0.1, 0.15) is 11.5 Å². The molecule has 0 bridgehead atoms. The Morgan fingerprint density at radius 2 is 1.33 bits per heavy atom. The van der Waals surface area contributed by atoms with Crippen molar-refractivity contribution in [3.8, 4) is 22.6 Å². The van der Waals surface area contributed by atoms with Gasteiger partial charge in [0.05, 0.1) is 5.02 Å². The smallest absolute Gasteiger partial charge is 0.128 e. The molecule has 1 nitrogen and oxygen atoms in total. The van der Waals surface area contributed by atoms with E-state index in [9.17, 15) is 0 Å². The molecule has 3 aromatic carbocycles. The molecule has 0 N–H and O–H groups in total. The maximum Gasteiger partial charge on any atom is 0.128 e. The summed E-state index contributed by atoms with van der Waals surface area (Å²) >= 11 is 12.2. The van der Waals surface area contributed by atoms with Gasteiger partial charge in [-0.1, -0.05) is 53.5 Å². The highest BCUT2D eigenvalue weighted by molar-refractivity contribution is 6.33. The molecular weight excluding hydrogens is 303 g/mol. The van der Waals surface area contributed by atoms with E-state index in [1.807, 2.05) is 60.7 Å². The molecule has 0 spiro atoms. The van der Waals surface area contributed by atoms with E-state index in [0.29, 0.717) is 15.8 Å². The van der Waals surface area contributed by atoms with Crippen molar-refractivity contribution in [2.24, 2.45) is 0 Å². The molecule has 21 heavy (non-hydrogen) atoms. The standard InChI is InChI=1S/C18H12Cl2O/c19-14-6-8-15(9-7-14)21-16-10-11-17(18(20)12-16)13-4-2-1-3-5-13/h1-12H. The first-order valence-electron chi connectivity index (χ1n) is 6.51. The quantitative estimate of drug-likeness (QED) is 0.539. The highest BCUT2D eigenvalue weighted by Gasteiger charge is 2.05. The van der Waals surface area contributed by atoms with E-state index < -0.39 is 0 Å². The zero-order valence-corrected chi connectivity index (χ0v) is 12.6. The summed E-state index contributed by atoms with van der Waals surface area (Å²) in [5, 5.41) is 1.34. The van der Waals surface area contributed by atoms with Crippen molar-refractivity contribution in [3.05, 3.63) is 82.8 Å². The van der Waals surface area contributed by atoms with Gasteiger partial charge in [0, 0.05) is 16.7 Å². The first-order chi connectivity index (χ1) is 10.2. The lowest BCUT2D eigenvalue weighted by Gasteiger charge is -2.09. The molecular formula is C18H12Cl2O. The molecule has 0 saturated carbocycles. The van der Waals surface area contributed by atoms with Gasteiger partial charge in [0.15, 0.2) is 0 Å².